The van der Waals surface area contributed by atoms with Crippen molar-refractivity contribution in [3.05, 3.63) is 41.2 Å². The predicted octanol–water partition coefficient (Wildman–Crippen LogP) is 0.627. The van der Waals surface area contributed by atoms with Gasteiger partial charge in [0.25, 0.3) is 0 Å². The molecule has 1 aromatic heterocycles. The Balaban J connectivity index is 2.12. The molecule has 12 heteroatoms. The van der Waals surface area contributed by atoms with E-state index in [-0.39, 0.29) is 28.9 Å². The molecule has 0 saturated carbocycles. The summed E-state index contributed by atoms with van der Waals surface area (Å²) in [5.41, 5.74) is 0.269. The molecule has 0 radical (unpaired) electrons. The van der Waals surface area contributed by atoms with E-state index in [1.54, 1.807) is 19.1 Å². The van der Waals surface area contributed by atoms with Crippen LogP contribution in [-0.2, 0) is 20.5 Å². The van der Waals surface area contributed by atoms with Crippen molar-refractivity contribution in [3.8, 4) is 6.01 Å². The Kier molecular flexibility index (Phi) is 6.23. The van der Waals surface area contributed by atoms with Gasteiger partial charge in [0.05, 0.1) is 25.5 Å². The van der Waals surface area contributed by atoms with E-state index in [2.05, 4.69) is 25.0 Å². The van der Waals surface area contributed by atoms with E-state index >= 15 is 0 Å². The molecule has 2 N–H and O–H groups in total. The van der Waals surface area contributed by atoms with Crippen LogP contribution in [0.3, 0.4) is 0 Å². The third kappa shape index (κ3) is 5.60. The zero-order valence-electron chi connectivity index (χ0n) is 14.7. The highest BCUT2D eigenvalue weighted by molar-refractivity contribution is 7.89. The first-order valence-electron chi connectivity index (χ1n) is 7.48. The van der Waals surface area contributed by atoms with Crippen LogP contribution in [-0.4, -0.2) is 49.6 Å². The molecule has 0 fully saturated rings. The molecule has 0 saturated heterocycles. The summed E-state index contributed by atoms with van der Waals surface area (Å²) in [5.74, 6) is -1.20. The third-order valence-electron chi connectivity index (χ3n) is 3.15. The van der Waals surface area contributed by atoms with E-state index < -0.39 is 27.8 Å². The number of nitrogens with zero attached hydrogens (tertiary/aromatic N) is 3. The minimum absolute atomic E-state index is 0.0346. The number of nitrogens with one attached hydrogen (secondary N) is 2. The van der Waals surface area contributed by atoms with Gasteiger partial charge in [0.15, 0.2) is 0 Å². The number of urea groups is 1. The van der Waals surface area contributed by atoms with E-state index in [0.717, 1.165) is 0 Å². The predicted molar refractivity (Wildman–Crippen MR) is 93.7 cm³/mol. The SMILES string of the molecule is COC(=O)c1ccccc1CS(=O)(=O)NC(=O)Nc1nc(C)nc(OC)n1. The Labute approximate surface area is 155 Å². The van der Waals surface area contributed by atoms with Gasteiger partial charge in [-0.2, -0.15) is 15.0 Å². The summed E-state index contributed by atoms with van der Waals surface area (Å²) in [6.45, 7) is 1.55. The summed E-state index contributed by atoms with van der Waals surface area (Å²) in [5, 5.41) is 2.18. The number of benzene rings is 1. The molecule has 2 amide bonds. The maximum Gasteiger partial charge on any atom is 0.338 e. The van der Waals surface area contributed by atoms with E-state index in [4.69, 9.17) is 4.74 Å². The first-order chi connectivity index (χ1) is 12.7. The molecule has 1 heterocycles. The molecule has 0 spiro atoms. The standard InChI is InChI=1S/C15H17N5O6S/c1-9-16-13(19-15(17-9)26-3)18-14(22)20-27(23,24)8-10-6-4-5-7-11(10)12(21)25-2/h4-7H,8H2,1-3H3,(H2,16,17,18,19,20,22). The lowest BCUT2D eigenvalue weighted by Gasteiger charge is -2.10. The number of rotatable bonds is 6. The van der Waals surface area contributed by atoms with Gasteiger partial charge < -0.3 is 9.47 Å². The lowest BCUT2D eigenvalue weighted by molar-refractivity contribution is 0.0600. The molecule has 0 aliphatic carbocycles. The average Bonchev–Trinajstić information content (AvgIpc) is 2.59. The van der Waals surface area contributed by atoms with Crippen molar-refractivity contribution < 1.29 is 27.5 Å². The second-order valence-electron chi connectivity index (χ2n) is 5.16. The van der Waals surface area contributed by atoms with E-state index in [1.807, 2.05) is 4.72 Å². The Morgan fingerprint density at radius 2 is 1.81 bits per heavy atom. The van der Waals surface area contributed by atoms with Crippen LogP contribution in [0.5, 0.6) is 6.01 Å². The zero-order valence-corrected chi connectivity index (χ0v) is 15.5. The molecule has 1 aromatic carbocycles. The van der Waals surface area contributed by atoms with Crippen LogP contribution in [0.15, 0.2) is 24.3 Å². The number of anilines is 1. The Bertz CT molecular complexity index is 963. The highest BCUT2D eigenvalue weighted by atomic mass is 32.2. The van der Waals surface area contributed by atoms with E-state index in [0.29, 0.717) is 0 Å². The van der Waals surface area contributed by atoms with Crippen LogP contribution in [0.25, 0.3) is 0 Å². The number of methoxy groups -OCH3 is 2. The Hall–Kier alpha value is -3.28. The molecule has 11 nitrogen and oxygen atoms in total. The normalized spacial score (nSPS) is 10.8. The minimum atomic E-state index is -4.12. The maximum atomic E-state index is 12.3. The number of sulfonamides is 1. The van der Waals surface area contributed by atoms with Crippen molar-refractivity contribution in [1.82, 2.24) is 19.7 Å². The van der Waals surface area contributed by atoms with E-state index in [9.17, 15) is 18.0 Å². The quantitative estimate of drug-likeness (QED) is 0.671. The monoisotopic (exact) mass is 395 g/mol. The molecule has 0 unspecified atom stereocenters. The summed E-state index contributed by atoms with van der Waals surface area (Å²) in [4.78, 5) is 35.2. The number of ether oxygens (including phenoxy) is 2. The molecular weight excluding hydrogens is 378 g/mol. The van der Waals surface area contributed by atoms with Gasteiger partial charge in [-0.25, -0.2) is 22.7 Å². The molecule has 0 atom stereocenters. The van der Waals surface area contributed by atoms with Crippen molar-refractivity contribution in [2.24, 2.45) is 0 Å². The number of amides is 2. The van der Waals surface area contributed by atoms with Crippen molar-refractivity contribution >= 4 is 28.0 Å². The van der Waals surface area contributed by atoms with Gasteiger partial charge >= 0.3 is 18.0 Å². The van der Waals surface area contributed by atoms with Crippen molar-refractivity contribution in [1.29, 1.82) is 0 Å². The van der Waals surface area contributed by atoms with Crippen molar-refractivity contribution in [2.75, 3.05) is 19.5 Å². The first kappa shape index (κ1) is 20.0. The third-order valence-corrected chi connectivity index (χ3v) is 4.34. The second-order valence-corrected chi connectivity index (χ2v) is 6.88. The Morgan fingerprint density at radius 3 is 2.48 bits per heavy atom. The fraction of sp³-hybridized carbons (Fsp3) is 0.267. The summed E-state index contributed by atoms with van der Waals surface area (Å²) >= 11 is 0. The fourth-order valence-electron chi connectivity index (χ4n) is 2.07. The summed E-state index contributed by atoms with van der Waals surface area (Å²) in [6.07, 6.45) is 0. The number of hydrogen-bond acceptors (Lipinski definition) is 9. The molecule has 2 aromatic rings. The van der Waals surface area contributed by atoms with Gasteiger partial charge in [-0.1, -0.05) is 18.2 Å². The highest BCUT2D eigenvalue weighted by Crippen LogP contribution is 2.13. The summed E-state index contributed by atoms with van der Waals surface area (Å²) in [6, 6.07) is 4.90. The smallest absolute Gasteiger partial charge is 0.338 e. The number of aromatic nitrogens is 3. The highest BCUT2D eigenvalue weighted by Gasteiger charge is 2.20. The lowest BCUT2D eigenvalue weighted by atomic mass is 10.1. The molecule has 0 aliphatic heterocycles. The lowest BCUT2D eigenvalue weighted by Crippen LogP contribution is -2.36. The minimum Gasteiger partial charge on any atom is -0.467 e. The van der Waals surface area contributed by atoms with E-state index in [1.165, 1.54) is 26.4 Å². The molecule has 0 bridgehead atoms. The van der Waals surface area contributed by atoms with Gasteiger partial charge in [0, 0.05) is 0 Å². The van der Waals surface area contributed by atoms with Crippen molar-refractivity contribution in [3.63, 3.8) is 0 Å². The summed E-state index contributed by atoms with van der Waals surface area (Å²) in [7, 11) is -1.60. The number of esters is 1. The van der Waals surface area contributed by atoms with Crippen LogP contribution in [0.1, 0.15) is 21.7 Å². The molecule has 0 aliphatic rings. The largest absolute Gasteiger partial charge is 0.467 e. The van der Waals surface area contributed by atoms with Crippen molar-refractivity contribution in [2.45, 2.75) is 12.7 Å². The molecule has 2 rings (SSSR count). The molecule has 144 valence electrons. The zero-order chi connectivity index (χ0) is 20.0. The maximum absolute atomic E-state index is 12.3. The average molecular weight is 395 g/mol. The number of hydrogen-bond donors (Lipinski definition) is 2. The van der Waals surface area contributed by atoms with Crippen LogP contribution < -0.4 is 14.8 Å². The number of carbonyl (C=O) groups is 2. The number of aryl methyl sites for hydroxylation is 1. The van der Waals surface area contributed by atoms with Crippen LogP contribution in [0, 0.1) is 6.92 Å². The molecular formula is C15H17N5O6S. The van der Waals surface area contributed by atoms with Gasteiger partial charge in [-0.05, 0) is 18.6 Å². The van der Waals surface area contributed by atoms with Gasteiger partial charge in [0.2, 0.25) is 16.0 Å². The van der Waals surface area contributed by atoms with Crippen LogP contribution >= 0.6 is 0 Å². The first-order valence-corrected chi connectivity index (χ1v) is 9.13. The van der Waals surface area contributed by atoms with Crippen LogP contribution in [0.4, 0.5) is 10.7 Å². The van der Waals surface area contributed by atoms with Gasteiger partial charge in [-0.3, -0.25) is 5.32 Å². The van der Waals surface area contributed by atoms with Gasteiger partial charge in [-0.15, -0.1) is 0 Å². The topological polar surface area (TPSA) is 149 Å². The number of carbonyl (C=O) groups excluding carboxylic acids is 2. The van der Waals surface area contributed by atoms with Crippen LogP contribution in [0.2, 0.25) is 0 Å². The molecule has 27 heavy (non-hydrogen) atoms. The van der Waals surface area contributed by atoms with Gasteiger partial charge in [0.1, 0.15) is 5.82 Å². The summed E-state index contributed by atoms with van der Waals surface area (Å²) < 4.78 is 35.8. The fourth-order valence-corrected chi connectivity index (χ4v) is 3.14. The Morgan fingerprint density at radius 1 is 1.11 bits per heavy atom. The second kappa shape index (κ2) is 8.40.